The van der Waals surface area contributed by atoms with Crippen LogP contribution in [0.25, 0.3) is 0 Å². The maximum Gasteiger partial charge on any atom is 0.222 e. The second-order valence-corrected chi connectivity index (χ2v) is 6.34. The molecular formula is C18H24F2N2O4. The number of hydrogen-bond donors (Lipinski definition) is 3. The van der Waals surface area contributed by atoms with E-state index in [4.69, 9.17) is 4.74 Å². The Hall–Kier alpha value is -2.06. The Balaban J connectivity index is 1.81. The fourth-order valence-electron chi connectivity index (χ4n) is 2.95. The zero-order chi connectivity index (χ0) is 19.1. The second kappa shape index (κ2) is 9.59. The molecule has 0 spiro atoms. The summed E-state index contributed by atoms with van der Waals surface area (Å²) in [6.45, 7) is 1.50. The summed E-state index contributed by atoms with van der Waals surface area (Å²) in [5.74, 6) is -1.82. The number of aliphatic hydroxyl groups excluding tert-OH is 1. The highest BCUT2D eigenvalue weighted by Gasteiger charge is 2.32. The Kier molecular flexibility index (Phi) is 7.47. The summed E-state index contributed by atoms with van der Waals surface area (Å²) in [5, 5.41) is 14.9. The molecule has 1 aliphatic heterocycles. The minimum Gasteiger partial charge on any atom is -0.394 e. The van der Waals surface area contributed by atoms with Gasteiger partial charge < -0.3 is 20.5 Å². The highest BCUT2D eigenvalue weighted by molar-refractivity contribution is 5.76. The van der Waals surface area contributed by atoms with Gasteiger partial charge in [-0.2, -0.15) is 0 Å². The van der Waals surface area contributed by atoms with E-state index in [0.717, 1.165) is 18.2 Å². The van der Waals surface area contributed by atoms with Crippen molar-refractivity contribution in [2.75, 3.05) is 6.61 Å². The number of benzene rings is 1. The van der Waals surface area contributed by atoms with E-state index in [1.807, 2.05) is 0 Å². The molecule has 0 radical (unpaired) electrons. The van der Waals surface area contributed by atoms with Gasteiger partial charge in [0.05, 0.1) is 25.2 Å². The van der Waals surface area contributed by atoms with Crippen LogP contribution in [0, 0.1) is 11.6 Å². The van der Waals surface area contributed by atoms with Crippen molar-refractivity contribution >= 4 is 11.8 Å². The van der Waals surface area contributed by atoms with Crippen molar-refractivity contribution in [1.82, 2.24) is 10.6 Å². The monoisotopic (exact) mass is 370 g/mol. The molecule has 0 unspecified atom stereocenters. The molecule has 3 atom stereocenters. The average Bonchev–Trinajstić information content (AvgIpc) is 2.60. The van der Waals surface area contributed by atoms with E-state index in [9.17, 15) is 23.5 Å². The van der Waals surface area contributed by atoms with Gasteiger partial charge in [-0.3, -0.25) is 9.59 Å². The minimum atomic E-state index is -0.698. The molecule has 0 bridgehead atoms. The fourth-order valence-corrected chi connectivity index (χ4v) is 2.95. The molecule has 1 fully saturated rings. The molecule has 1 aliphatic rings. The summed E-state index contributed by atoms with van der Waals surface area (Å²) in [5.41, 5.74) is 0.330. The second-order valence-electron chi connectivity index (χ2n) is 6.34. The van der Waals surface area contributed by atoms with Gasteiger partial charge in [-0.25, -0.2) is 8.78 Å². The van der Waals surface area contributed by atoms with Crippen LogP contribution in [-0.4, -0.2) is 41.8 Å². The topological polar surface area (TPSA) is 87.7 Å². The Bertz CT molecular complexity index is 621. The predicted octanol–water partition coefficient (Wildman–Crippen LogP) is 1.41. The first-order valence-electron chi connectivity index (χ1n) is 8.68. The Morgan fingerprint density at radius 2 is 1.88 bits per heavy atom. The molecule has 0 saturated carbocycles. The van der Waals surface area contributed by atoms with Gasteiger partial charge in [0.25, 0.3) is 0 Å². The van der Waals surface area contributed by atoms with Crippen molar-refractivity contribution in [1.29, 1.82) is 0 Å². The van der Waals surface area contributed by atoms with Crippen molar-refractivity contribution in [3.63, 3.8) is 0 Å². The largest absolute Gasteiger partial charge is 0.394 e. The van der Waals surface area contributed by atoms with Gasteiger partial charge in [0.1, 0.15) is 17.7 Å². The molecular weight excluding hydrogens is 346 g/mol. The number of carbonyl (C=O) groups is 2. The maximum absolute atomic E-state index is 13.1. The summed E-state index contributed by atoms with van der Waals surface area (Å²) in [6.07, 6.45) is 0.640. The van der Waals surface area contributed by atoms with Crippen LogP contribution in [0.15, 0.2) is 18.2 Å². The molecule has 2 rings (SSSR count). The normalized spacial score (nSPS) is 22.7. The van der Waals surface area contributed by atoms with Crippen LogP contribution in [0.4, 0.5) is 8.78 Å². The smallest absolute Gasteiger partial charge is 0.222 e. The summed E-state index contributed by atoms with van der Waals surface area (Å²) in [7, 11) is 0. The van der Waals surface area contributed by atoms with Crippen LogP contribution < -0.4 is 10.6 Å². The van der Waals surface area contributed by atoms with E-state index in [-0.39, 0.29) is 43.5 Å². The molecule has 2 amide bonds. The van der Waals surface area contributed by atoms with Gasteiger partial charge >= 0.3 is 0 Å². The molecule has 1 aromatic carbocycles. The van der Waals surface area contributed by atoms with Crippen molar-refractivity contribution < 1.29 is 28.2 Å². The van der Waals surface area contributed by atoms with E-state index < -0.39 is 17.7 Å². The molecule has 1 heterocycles. The van der Waals surface area contributed by atoms with E-state index in [2.05, 4.69) is 10.6 Å². The first-order valence-corrected chi connectivity index (χ1v) is 8.68. The zero-order valence-electron chi connectivity index (χ0n) is 14.6. The standard InChI is InChI=1S/C18H24F2N2O4/c1-2-17(24)22-15-4-3-14(26-16(15)10-23)8-18(25)21-9-11-5-12(19)7-13(20)6-11/h5-7,14-16,23H,2-4,8-10H2,1H3,(H,21,25)(H,22,24)/t14-,15+,16-/m1/s1. The molecule has 6 nitrogen and oxygen atoms in total. The average molecular weight is 370 g/mol. The number of halogens is 2. The fraction of sp³-hybridized carbons (Fsp3) is 0.556. The third-order valence-electron chi connectivity index (χ3n) is 4.29. The van der Waals surface area contributed by atoms with Crippen LogP contribution in [0.3, 0.4) is 0 Å². The van der Waals surface area contributed by atoms with Crippen molar-refractivity contribution in [2.24, 2.45) is 0 Å². The molecule has 144 valence electrons. The van der Waals surface area contributed by atoms with Gasteiger partial charge in [0.15, 0.2) is 0 Å². The van der Waals surface area contributed by atoms with Crippen LogP contribution in [-0.2, 0) is 20.9 Å². The minimum absolute atomic E-state index is 0.0127. The number of carbonyl (C=O) groups excluding carboxylic acids is 2. The lowest BCUT2D eigenvalue weighted by molar-refractivity contribution is -0.135. The number of amides is 2. The van der Waals surface area contributed by atoms with Crippen molar-refractivity contribution in [3.05, 3.63) is 35.4 Å². The number of aliphatic hydroxyl groups is 1. The number of nitrogens with one attached hydrogen (secondary N) is 2. The van der Waals surface area contributed by atoms with Crippen LogP contribution in [0.5, 0.6) is 0 Å². The molecule has 1 aromatic rings. The van der Waals surface area contributed by atoms with Crippen molar-refractivity contribution in [2.45, 2.75) is 57.4 Å². The van der Waals surface area contributed by atoms with E-state index >= 15 is 0 Å². The third-order valence-corrected chi connectivity index (χ3v) is 4.29. The number of ether oxygens (including phenoxy) is 1. The summed E-state index contributed by atoms with van der Waals surface area (Å²) in [6, 6.07) is 2.80. The van der Waals surface area contributed by atoms with Gasteiger partial charge in [-0.05, 0) is 30.5 Å². The Morgan fingerprint density at radius 3 is 2.50 bits per heavy atom. The number of hydrogen-bond acceptors (Lipinski definition) is 4. The Morgan fingerprint density at radius 1 is 1.19 bits per heavy atom. The molecule has 3 N–H and O–H groups in total. The Labute approximate surface area is 150 Å². The first kappa shape index (κ1) is 20.3. The maximum atomic E-state index is 13.1. The first-order chi connectivity index (χ1) is 12.4. The van der Waals surface area contributed by atoms with Crippen LogP contribution >= 0.6 is 0 Å². The lowest BCUT2D eigenvalue weighted by Gasteiger charge is -2.36. The van der Waals surface area contributed by atoms with Crippen LogP contribution in [0.1, 0.15) is 38.2 Å². The summed E-state index contributed by atoms with van der Waals surface area (Å²) < 4.78 is 32.0. The lowest BCUT2D eigenvalue weighted by atomic mass is 9.96. The van der Waals surface area contributed by atoms with E-state index in [0.29, 0.717) is 24.8 Å². The highest BCUT2D eigenvalue weighted by atomic mass is 19.1. The lowest BCUT2D eigenvalue weighted by Crippen LogP contribution is -2.51. The molecule has 26 heavy (non-hydrogen) atoms. The van der Waals surface area contributed by atoms with Crippen LogP contribution in [0.2, 0.25) is 0 Å². The quantitative estimate of drug-likeness (QED) is 0.677. The summed E-state index contributed by atoms with van der Waals surface area (Å²) >= 11 is 0. The van der Waals surface area contributed by atoms with Gasteiger partial charge in [0, 0.05) is 19.0 Å². The molecule has 1 saturated heterocycles. The molecule has 0 aliphatic carbocycles. The SMILES string of the molecule is CCC(=O)N[C@H]1CC[C@H](CC(=O)NCc2cc(F)cc(F)c2)O[C@@H]1CO. The van der Waals surface area contributed by atoms with E-state index in [1.54, 1.807) is 6.92 Å². The van der Waals surface area contributed by atoms with Gasteiger partial charge in [0.2, 0.25) is 11.8 Å². The third kappa shape index (κ3) is 6.03. The molecule has 0 aromatic heterocycles. The zero-order valence-corrected chi connectivity index (χ0v) is 14.6. The van der Waals surface area contributed by atoms with Gasteiger partial charge in [-0.1, -0.05) is 6.92 Å². The van der Waals surface area contributed by atoms with E-state index in [1.165, 1.54) is 0 Å². The number of rotatable bonds is 7. The van der Waals surface area contributed by atoms with Crippen molar-refractivity contribution in [3.8, 4) is 0 Å². The predicted molar refractivity (Wildman–Crippen MR) is 90.0 cm³/mol. The highest BCUT2D eigenvalue weighted by Crippen LogP contribution is 2.22. The van der Waals surface area contributed by atoms with Gasteiger partial charge in [-0.15, -0.1) is 0 Å². The summed E-state index contributed by atoms with van der Waals surface area (Å²) in [4.78, 5) is 23.5. The molecule has 8 heteroatoms.